The SMILES string of the molecule is CCn1cnc(Cl)c1C(C(=O)O)C(C)C. The van der Waals surface area contributed by atoms with Crippen molar-refractivity contribution in [3.05, 3.63) is 17.2 Å². The Hall–Kier alpha value is -1.03. The highest BCUT2D eigenvalue weighted by Gasteiger charge is 2.29. The predicted molar refractivity (Wildman–Crippen MR) is 58.1 cm³/mol. The third kappa shape index (κ3) is 2.31. The molecule has 0 spiro atoms. The van der Waals surface area contributed by atoms with Gasteiger partial charge in [-0.25, -0.2) is 4.98 Å². The molecule has 4 nitrogen and oxygen atoms in total. The first-order chi connectivity index (χ1) is 6.99. The summed E-state index contributed by atoms with van der Waals surface area (Å²) in [5.41, 5.74) is 0.599. The maximum atomic E-state index is 11.2. The smallest absolute Gasteiger partial charge is 0.312 e. The fourth-order valence-electron chi connectivity index (χ4n) is 1.64. The van der Waals surface area contributed by atoms with Crippen LogP contribution in [0.4, 0.5) is 0 Å². The molecule has 0 amide bonds. The highest BCUT2D eigenvalue weighted by atomic mass is 35.5. The van der Waals surface area contributed by atoms with E-state index in [9.17, 15) is 4.79 Å². The minimum Gasteiger partial charge on any atom is -0.481 e. The van der Waals surface area contributed by atoms with Crippen molar-refractivity contribution in [3.8, 4) is 0 Å². The molecule has 0 fully saturated rings. The van der Waals surface area contributed by atoms with Gasteiger partial charge in [0.1, 0.15) is 5.92 Å². The van der Waals surface area contributed by atoms with Crippen molar-refractivity contribution < 1.29 is 9.90 Å². The number of carbonyl (C=O) groups is 1. The Balaban J connectivity index is 3.21. The number of aromatic nitrogens is 2. The lowest BCUT2D eigenvalue weighted by Gasteiger charge is -2.18. The summed E-state index contributed by atoms with van der Waals surface area (Å²) in [6.45, 7) is 6.33. The summed E-state index contributed by atoms with van der Waals surface area (Å²) in [5, 5.41) is 9.45. The average Bonchev–Trinajstić information content (AvgIpc) is 2.47. The molecule has 0 radical (unpaired) electrons. The maximum absolute atomic E-state index is 11.2. The van der Waals surface area contributed by atoms with Gasteiger partial charge in [0.05, 0.1) is 12.0 Å². The zero-order chi connectivity index (χ0) is 11.6. The Bertz CT molecular complexity index is 360. The van der Waals surface area contributed by atoms with Gasteiger partial charge >= 0.3 is 5.97 Å². The highest BCUT2D eigenvalue weighted by molar-refractivity contribution is 6.30. The van der Waals surface area contributed by atoms with Gasteiger partial charge in [0.25, 0.3) is 0 Å². The number of halogens is 1. The van der Waals surface area contributed by atoms with Gasteiger partial charge in [-0.1, -0.05) is 25.4 Å². The molecule has 15 heavy (non-hydrogen) atoms. The first kappa shape index (κ1) is 12.0. The normalized spacial score (nSPS) is 13.1. The van der Waals surface area contributed by atoms with E-state index in [0.29, 0.717) is 12.2 Å². The second-order valence-electron chi connectivity index (χ2n) is 3.77. The van der Waals surface area contributed by atoms with E-state index in [1.54, 1.807) is 10.9 Å². The topological polar surface area (TPSA) is 55.1 Å². The summed E-state index contributed by atoms with van der Waals surface area (Å²) < 4.78 is 1.78. The van der Waals surface area contributed by atoms with Crippen LogP contribution in [0.3, 0.4) is 0 Å². The van der Waals surface area contributed by atoms with Crippen LogP contribution in [-0.2, 0) is 11.3 Å². The molecule has 0 saturated heterocycles. The quantitative estimate of drug-likeness (QED) is 0.864. The van der Waals surface area contributed by atoms with Gasteiger partial charge in [0.2, 0.25) is 0 Å². The molecule has 84 valence electrons. The van der Waals surface area contributed by atoms with Crippen LogP contribution in [-0.4, -0.2) is 20.6 Å². The van der Waals surface area contributed by atoms with Crippen molar-refractivity contribution in [1.29, 1.82) is 0 Å². The van der Waals surface area contributed by atoms with Gasteiger partial charge in [-0.15, -0.1) is 0 Å². The lowest BCUT2D eigenvalue weighted by Crippen LogP contribution is -2.21. The van der Waals surface area contributed by atoms with Crippen LogP contribution in [0.15, 0.2) is 6.33 Å². The summed E-state index contributed by atoms with van der Waals surface area (Å²) in [6.07, 6.45) is 1.58. The van der Waals surface area contributed by atoms with E-state index in [2.05, 4.69) is 4.98 Å². The number of aliphatic carboxylic acids is 1. The second kappa shape index (κ2) is 4.66. The van der Waals surface area contributed by atoms with Crippen LogP contribution in [0, 0.1) is 5.92 Å². The van der Waals surface area contributed by atoms with E-state index >= 15 is 0 Å². The van der Waals surface area contributed by atoms with Crippen LogP contribution in [0.5, 0.6) is 0 Å². The van der Waals surface area contributed by atoms with Gasteiger partial charge in [-0.2, -0.15) is 0 Å². The number of carboxylic acids is 1. The van der Waals surface area contributed by atoms with Crippen LogP contribution in [0.1, 0.15) is 32.4 Å². The van der Waals surface area contributed by atoms with Crippen LogP contribution in [0.25, 0.3) is 0 Å². The van der Waals surface area contributed by atoms with Crippen LogP contribution >= 0.6 is 11.6 Å². The van der Waals surface area contributed by atoms with E-state index in [0.717, 1.165) is 0 Å². The van der Waals surface area contributed by atoms with Gasteiger partial charge < -0.3 is 9.67 Å². The molecule has 1 rings (SSSR count). The lowest BCUT2D eigenvalue weighted by molar-refractivity contribution is -0.140. The Kier molecular flexibility index (Phi) is 3.74. The Morgan fingerprint density at radius 3 is 2.67 bits per heavy atom. The third-order valence-electron chi connectivity index (χ3n) is 2.40. The molecule has 1 aromatic rings. The molecule has 0 aliphatic carbocycles. The maximum Gasteiger partial charge on any atom is 0.312 e. The van der Waals surface area contributed by atoms with Crippen molar-refractivity contribution in [2.75, 3.05) is 0 Å². The molecule has 0 saturated carbocycles. The third-order valence-corrected chi connectivity index (χ3v) is 2.69. The van der Waals surface area contributed by atoms with Crippen molar-refractivity contribution >= 4 is 17.6 Å². The number of hydrogen-bond acceptors (Lipinski definition) is 2. The van der Waals surface area contributed by atoms with E-state index in [4.69, 9.17) is 16.7 Å². The van der Waals surface area contributed by atoms with Gasteiger partial charge in [-0.05, 0) is 12.8 Å². The zero-order valence-corrected chi connectivity index (χ0v) is 9.82. The summed E-state index contributed by atoms with van der Waals surface area (Å²) in [6, 6.07) is 0. The van der Waals surface area contributed by atoms with E-state index in [-0.39, 0.29) is 11.1 Å². The molecule has 5 heteroatoms. The first-order valence-electron chi connectivity index (χ1n) is 4.92. The van der Waals surface area contributed by atoms with Crippen LogP contribution in [0.2, 0.25) is 5.15 Å². The molecule has 1 N–H and O–H groups in total. The largest absolute Gasteiger partial charge is 0.481 e. The van der Waals surface area contributed by atoms with Crippen molar-refractivity contribution in [1.82, 2.24) is 9.55 Å². The minimum atomic E-state index is -0.859. The zero-order valence-electron chi connectivity index (χ0n) is 9.07. The summed E-state index contributed by atoms with van der Waals surface area (Å²) in [5.74, 6) is -1.47. The second-order valence-corrected chi connectivity index (χ2v) is 4.12. The number of rotatable bonds is 4. The van der Waals surface area contributed by atoms with Gasteiger partial charge in [0.15, 0.2) is 5.15 Å². The number of nitrogens with zero attached hydrogens (tertiary/aromatic N) is 2. The summed E-state index contributed by atoms with van der Waals surface area (Å²) >= 11 is 5.91. The average molecular weight is 231 g/mol. The monoisotopic (exact) mass is 230 g/mol. The molecule has 1 unspecified atom stereocenters. The molecule has 1 aromatic heterocycles. The van der Waals surface area contributed by atoms with Crippen molar-refractivity contribution in [2.45, 2.75) is 33.2 Å². The Labute approximate surface area is 93.9 Å². The lowest BCUT2D eigenvalue weighted by atomic mass is 9.93. The Morgan fingerprint density at radius 2 is 2.27 bits per heavy atom. The number of carboxylic acid groups (broad SMARTS) is 1. The molecule has 0 aromatic carbocycles. The van der Waals surface area contributed by atoms with Crippen molar-refractivity contribution in [2.24, 2.45) is 5.92 Å². The van der Waals surface area contributed by atoms with Gasteiger partial charge in [-0.3, -0.25) is 4.79 Å². The molecule has 0 bridgehead atoms. The fraction of sp³-hybridized carbons (Fsp3) is 0.600. The fourth-order valence-corrected chi connectivity index (χ4v) is 1.91. The van der Waals surface area contributed by atoms with Crippen LogP contribution < -0.4 is 0 Å². The molecular weight excluding hydrogens is 216 g/mol. The molecule has 0 aliphatic rings. The molecule has 1 heterocycles. The predicted octanol–water partition coefficient (Wildman–Crippen LogP) is 2.38. The first-order valence-corrected chi connectivity index (χ1v) is 5.30. The van der Waals surface area contributed by atoms with E-state index in [1.165, 1.54) is 0 Å². The molecule has 0 aliphatic heterocycles. The molecular formula is C10H15ClN2O2. The van der Waals surface area contributed by atoms with E-state index in [1.807, 2.05) is 20.8 Å². The summed E-state index contributed by atoms with van der Waals surface area (Å²) in [7, 11) is 0. The van der Waals surface area contributed by atoms with Crippen molar-refractivity contribution in [3.63, 3.8) is 0 Å². The van der Waals surface area contributed by atoms with E-state index < -0.39 is 11.9 Å². The number of hydrogen-bond donors (Lipinski definition) is 1. The standard InChI is InChI=1S/C10H15ClN2O2/c1-4-13-5-12-9(11)8(13)7(6(2)3)10(14)15/h5-7H,4H2,1-3H3,(H,14,15). The Morgan fingerprint density at radius 1 is 1.67 bits per heavy atom. The highest BCUT2D eigenvalue weighted by Crippen LogP contribution is 2.29. The minimum absolute atomic E-state index is 0.0120. The summed E-state index contributed by atoms with van der Waals surface area (Å²) in [4.78, 5) is 15.1. The number of aryl methyl sites for hydroxylation is 1. The van der Waals surface area contributed by atoms with Gasteiger partial charge in [0, 0.05) is 6.54 Å². The number of imidazole rings is 1. The molecule has 1 atom stereocenters.